The lowest BCUT2D eigenvalue weighted by molar-refractivity contribution is -0.141. The lowest BCUT2D eigenvalue weighted by atomic mass is 9.77. The number of carbonyl (C=O) groups excluding carboxylic acids is 1. The van der Waals surface area contributed by atoms with Crippen LogP contribution in [-0.2, 0) is 6.18 Å². The Morgan fingerprint density at radius 2 is 1.91 bits per heavy atom. The van der Waals surface area contributed by atoms with Crippen molar-refractivity contribution in [2.75, 3.05) is 6.54 Å². The summed E-state index contributed by atoms with van der Waals surface area (Å²) < 4.78 is 44.2. The van der Waals surface area contributed by atoms with E-state index in [1.54, 1.807) is 24.0 Å². The summed E-state index contributed by atoms with van der Waals surface area (Å²) in [7, 11) is 0. The number of piperidine rings is 2. The highest BCUT2D eigenvalue weighted by atomic mass is 19.4. The fraction of sp³-hybridized carbons (Fsp3) is 0.429. The predicted octanol–water partition coefficient (Wildman–Crippen LogP) is 2.85. The molecule has 6 rings (SSSR count). The molecule has 2 saturated heterocycles. The average molecular weight is 459 g/mol. The summed E-state index contributed by atoms with van der Waals surface area (Å²) in [5, 5.41) is 8.24. The van der Waals surface area contributed by atoms with Crippen LogP contribution in [-0.4, -0.2) is 59.4 Å². The molecule has 5 heterocycles. The molecular formula is C21H20F3N7O2. The van der Waals surface area contributed by atoms with Crippen molar-refractivity contribution in [2.24, 2.45) is 5.92 Å². The van der Waals surface area contributed by atoms with E-state index in [4.69, 9.17) is 4.74 Å². The Morgan fingerprint density at radius 3 is 2.58 bits per heavy atom. The number of hydrogen-bond acceptors (Lipinski definition) is 7. The maximum absolute atomic E-state index is 13.6. The fourth-order valence-electron chi connectivity index (χ4n) is 4.51. The summed E-state index contributed by atoms with van der Waals surface area (Å²) in [6.45, 7) is 2.36. The number of hydrogen-bond donors (Lipinski definition) is 0. The van der Waals surface area contributed by atoms with Gasteiger partial charge in [0.25, 0.3) is 5.91 Å². The molecule has 3 atom stereocenters. The molecule has 1 saturated carbocycles. The van der Waals surface area contributed by atoms with Gasteiger partial charge in [-0.15, -0.1) is 4.80 Å². The van der Waals surface area contributed by atoms with Crippen molar-refractivity contribution in [3.63, 3.8) is 0 Å². The Labute approximate surface area is 186 Å². The first-order chi connectivity index (χ1) is 15.8. The highest BCUT2D eigenvalue weighted by Gasteiger charge is 2.45. The van der Waals surface area contributed by atoms with Crippen LogP contribution in [0.5, 0.6) is 5.88 Å². The number of carbonyl (C=O) groups is 1. The Balaban J connectivity index is 1.39. The van der Waals surface area contributed by atoms with Crippen LogP contribution in [0.25, 0.3) is 5.69 Å². The van der Waals surface area contributed by atoms with E-state index in [2.05, 4.69) is 25.1 Å². The molecule has 0 radical (unpaired) electrons. The summed E-state index contributed by atoms with van der Waals surface area (Å²) >= 11 is 0. The van der Waals surface area contributed by atoms with E-state index in [0.29, 0.717) is 30.5 Å². The minimum atomic E-state index is -4.57. The highest BCUT2D eigenvalue weighted by molar-refractivity contribution is 5.96. The number of nitrogens with zero attached hydrogens (tertiary/aromatic N) is 7. The molecule has 1 amide bonds. The largest absolute Gasteiger partial charge is 0.471 e. The number of pyridine rings is 1. The minimum absolute atomic E-state index is 0.00283. The van der Waals surface area contributed by atoms with Gasteiger partial charge < -0.3 is 9.64 Å². The van der Waals surface area contributed by atoms with E-state index in [1.165, 1.54) is 17.2 Å². The zero-order valence-electron chi connectivity index (χ0n) is 17.6. The van der Waals surface area contributed by atoms with Gasteiger partial charge >= 0.3 is 6.18 Å². The molecule has 0 N–H and O–H groups in total. The maximum Gasteiger partial charge on any atom is 0.434 e. The van der Waals surface area contributed by atoms with E-state index < -0.39 is 18.0 Å². The fourth-order valence-corrected chi connectivity index (χ4v) is 4.51. The normalized spacial score (nSPS) is 22.4. The second kappa shape index (κ2) is 8.09. The highest BCUT2D eigenvalue weighted by Crippen LogP contribution is 2.38. The number of halogens is 3. The Bertz CT molecular complexity index is 1150. The van der Waals surface area contributed by atoms with E-state index in [9.17, 15) is 18.0 Å². The summed E-state index contributed by atoms with van der Waals surface area (Å²) in [4.78, 5) is 28.3. The molecule has 3 aliphatic rings. The van der Waals surface area contributed by atoms with Crippen LogP contribution in [0.1, 0.15) is 41.1 Å². The number of aromatic nitrogens is 6. The lowest BCUT2D eigenvalue weighted by Crippen LogP contribution is -2.59. The summed E-state index contributed by atoms with van der Waals surface area (Å²) in [6, 6.07) is 3.28. The van der Waals surface area contributed by atoms with Crippen LogP contribution in [0.2, 0.25) is 0 Å². The summed E-state index contributed by atoms with van der Waals surface area (Å²) in [6.07, 6.45) is 2.05. The van der Waals surface area contributed by atoms with Crippen LogP contribution in [0.15, 0.2) is 36.9 Å². The SMILES string of the molecule is Cc1ccc(-n2nccn2)c(C(=O)N2CC3CC[C@H]2[C@H](Oc2cnc(C(F)(F)F)cn2)C3)n1. The van der Waals surface area contributed by atoms with Crippen molar-refractivity contribution in [1.82, 2.24) is 34.8 Å². The molecule has 0 spiro atoms. The third kappa shape index (κ3) is 4.12. The van der Waals surface area contributed by atoms with Crippen LogP contribution < -0.4 is 4.74 Å². The Morgan fingerprint density at radius 1 is 1.12 bits per heavy atom. The van der Waals surface area contributed by atoms with Gasteiger partial charge in [-0.3, -0.25) is 4.79 Å². The lowest BCUT2D eigenvalue weighted by Gasteiger charge is -2.49. The minimum Gasteiger partial charge on any atom is -0.471 e. The van der Waals surface area contributed by atoms with Gasteiger partial charge in [0.2, 0.25) is 5.88 Å². The molecule has 2 bridgehead atoms. The first kappa shape index (κ1) is 21.3. The van der Waals surface area contributed by atoms with Gasteiger partial charge in [-0.05, 0) is 44.2 Å². The van der Waals surface area contributed by atoms with Crippen molar-refractivity contribution >= 4 is 5.91 Å². The second-order valence-corrected chi connectivity index (χ2v) is 8.24. The van der Waals surface area contributed by atoms with Gasteiger partial charge in [0.15, 0.2) is 11.4 Å². The zero-order valence-corrected chi connectivity index (χ0v) is 17.6. The first-order valence-corrected chi connectivity index (χ1v) is 10.5. The van der Waals surface area contributed by atoms with E-state index in [0.717, 1.165) is 19.0 Å². The quantitative estimate of drug-likeness (QED) is 0.592. The molecule has 3 fully saturated rings. The molecule has 3 aromatic heterocycles. The van der Waals surface area contributed by atoms with Crippen molar-refractivity contribution < 1.29 is 22.7 Å². The second-order valence-electron chi connectivity index (χ2n) is 8.24. The van der Waals surface area contributed by atoms with E-state index >= 15 is 0 Å². The standard InChI is InChI=1S/C21H20F3N7O2/c1-12-2-4-15(31-27-6-7-28-31)19(29-12)20(32)30-11-13-3-5-14(30)16(8-13)33-18-10-25-17(9-26-18)21(22,23)24/h2,4,6-7,9-10,13-14,16H,3,5,8,11H2,1H3/t13?,14-,16+/m0/s1. The van der Waals surface area contributed by atoms with E-state index in [1.807, 2.05) is 0 Å². The molecule has 2 aliphatic heterocycles. The maximum atomic E-state index is 13.6. The van der Waals surface area contributed by atoms with Gasteiger partial charge in [-0.1, -0.05) is 0 Å². The Hall–Kier alpha value is -3.57. The number of rotatable bonds is 4. The van der Waals surface area contributed by atoms with Crippen molar-refractivity contribution in [3.8, 4) is 11.6 Å². The molecule has 1 aliphatic carbocycles. The van der Waals surface area contributed by atoms with Gasteiger partial charge in [0.05, 0.1) is 30.8 Å². The predicted molar refractivity (Wildman–Crippen MR) is 108 cm³/mol. The van der Waals surface area contributed by atoms with Gasteiger partial charge in [-0.2, -0.15) is 23.4 Å². The van der Waals surface area contributed by atoms with Crippen molar-refractivity contribution in [2.45, 2.75) is 44.5 Å². The number of aryl methyl sites for hydroxylation is 1. The van der Waals surface area contributed by atoms with Gasteiger partial charge in [0.1, 0.15) is 11.8 Å². The van der Waals surface area contributed by atoms with Crippen molar-refractivity contribution in [1.29, 1.82) is 0 Å². The third-order valence-corrected chi connectivity index (χ3v) is 6.02. The van der Waals surface area contributed by atoms with Crippen LogP contribution in [0, 0.1) is 12.8 Å². The average Bonchev–Trinajstić information content (AvgIpc) is 3.33. The molecule has 33 heavy (non-hydrogen) atoms. The van der Waals surface area contributed by atoms with Crippen LogP contribution in [0.3, 0.4) is 0 Å². The zero-order chi connectivity index (χ0) is 23.2. The Kier molecular flexibility index (Phi) is 5.22. The number of amides is 1. The summed E-state index contributed by atoms with van der Waals surface area (Å²) in [5.41, 5.74) is 0.321. The topological polar surface area (TPSA) is 98.9 Å². The number of ether oxygens (including phenoxy) is 1. The smallest absolute Gasteiger partial charge is 0.434 e. The van der Waals surface area contributed by atoms with Gasteiger partial charge in [-0.25, -0.2) is 15.0 Å². The van der Waals surface area contributed by atoms with Gasteiger partial charge in [0, 0.05) is 12.2 Å². The first-order valence-electron chi connectivity index (χ1n) is 10.5. The van der Waals surface area contributed by atoms with Crippen LogP contribution in [0.4, 0.5) is 13.2 Å². The number of fused-ring (bicyclic) bond motifs is 3. The molecule has 9 nitrogen and oxygen atoms in total. The number of alkyl halides is 3. The van der Waals surface area contributed by atoms with Crippen LogP contribution >= 0.6 is 0 Å². The molecule has 172 valence electrons. The molecule has 0 aromatic carbocycles. The summed E-state index contributed by atoms with van der Waals surface area (Å²) in [5.74, 6) is -0.0435. The third-order valence-electron chi connectivity index (χ3n) is 6.02. The van der Waals surface area contributed by atoms with Crippen molar-refractivity contribution in [3.05, 3.63) is 54.0 Å². The molecule has 3 aromatic rings. The molecule has 1 unspecified atom stereocenters. The monoisotopic (exact) mass is 459 g/mol. The van der Waals surface area contributed by atoms with E-state index in [-0.39, 0.29) is 29.4 Å². The molecular weight excluding hydrogens is 439 g/mol. The molecule has 12 heteroatoms.